The average molecular weight is 953 g/mol. The van der Waals surface area contributed by atoms with Gasteiger partial charge >= 0.3 is 0 Å². The molecule has 0 saturated carbocycles. The summed E-state index contributed by atoms with van der Waals surface area (Å²) < 4.78 is 5.52. The minimum atomic E-state index is -0.528. The quantitative estimate of drug-likeness (QED) is 0.100. The van der Waals surface area contributed by atoms with Crippen LogP contribution in [0.15, 0.2) is 57.7 Å². The van der Waals surface area contributed by atoms with Gasteiger partial charge in [0.05, 0.1) is 22.2 Å². The molecule has 2 atom stereocenters. The minimum absolute atomic E-state index is 0.0828. The standard InChI is InChI=1S/C20H24BrN7O.C16H13BrClN5O.C4H12N2/c1-4-8-28-11-14-17(16-13-10-12(21)5-6-15(13)23-19(16)29)24-20(25-18(14)26-28)22-7-9-27(2)3;1-2-5-23-7-10-13(20-16(18)21-14(10)22-23)12-9-6-8(17)3-4-11(9)19-15(12)24;1-6(2)4-3-5/h5-6,10-11,16H,4,7-9H2,1-3H3,(H,23,29)(H,22,25,26);3-4,6-7,12H,2,5H2,1H3,(H,19,24);3-5H2,1-2H3. The number of aromatic nitrogens is 8. The number of nitrogens with two attached hydrogens (primary N) is 1. The molecule has 2 unspecified atom stereocenters. The third-order valence-corrected chi connectivity index (χ3v) is 10.6. The molecular formula is C40H49Br2ClN14O2. The first-order valence-electron chi connectivity index (χ1n) is 19.4. The number of nitrogens with one attached hydrogen (secondary N) is 3. The molecule has 8 rings (SSSR count). The zero-order chi connectivity index (χ0) is 42.4. The van der Waals surface area contributed by atoms with Crippen LogP contribution < -0.4 is 21.7 Å². The van der Waals surface area contributed by atoms with E-state index in [1.807, 2.05) is 86.3 Å². The van der Waals surface area contributed by atoms with Crippen molar-refractivity contribution in [1.82, 2.24) is 49.3 Å². The Morgan fingerprint density at radius 2 is 1.24 bits per heavy atom. The predicted molar refractivity (Wildman–Crippen MR) is 240 cm³/mol. The van der Waals surface area contributed by atoms with Crippen molar-refractivity contribution >= 4 is 94.7 Å². The Hall–Kier alpha value is -4.59. The van der Waals surface area contributed by atoms with Crippen molar-refractivity contribution in [1.29, 1.82) is 0 Å². The summed E-state index contributed by atoms with van der Waals surface area (Å²) in [6.07, 6.45) is 5.74. The summed E-state index contributed by atoms with van der Waals surface area (Å²) in [6.45, 7) is 9.03. The molecule has 6 aromatic rings. The molecule has 2 aromatic carbocycles. The molecule has 0 radical (unpaired) electrons. The van der Waals surface area contributed by atoms with Gasteiger partial charge in [-0.2, -0.15) is 20.2 Å². The summed E-state index contributed by atoms with van der Waals surface area (Å²) in [5.74, 6) is -0.739. The van der Waals surface area contributed by atoms with E-state index in [2.05, 4.69) is 96.6 Å². The largest absolute Gasteiger partial charge is 0.353 e. The zero-order valence-corrected chi connectivity index (χ0v) is 37.9. The molecule has 59 heavy (non-hydrogen) atoms. The van der Waals surface area contributed by atoms with Crippen molar-refractivity contribution in [3.05, 3.63) is 85.5 Å². The van der Waals surface area contributed by atoms with Crippen molar-refractivity contribution in [3.63, 3.8) is 0 Å². The summed E-state index contributed by atoms with van der Waals surface area (Å²) in [7, 11) is 8.04. The van der Waals surface area contributed by atoms with Crippen molar-refractivity contribution in [3.8, 4) is 0 Å². The van der Waals surface area contributed by atoms with Gasteiger partial charge in [-0.05, 0) is 100 Å². The van der Waals surface area contributed by atoms with E-state index >= 15 is 0 Å². The number of anilines is 3. The van der Waals surface area contributed by atoms with E-state index in [1.54, 1.807) is 0 Å². The van der Waals surface area contributed by atoms with Gasteiger partial charge in [0, 0.05) is 72.0 Å². The van der Waals surface area contributed by atoms with Crippen molar-refractivity contribution in [2.75, 3.05) is 70.3 Å². The van der Waals surface area contributed by atoms with E-state index in [4.69, 9.17) is 22.3 Å². The Balaban J connectivity index is 0.000000177. The highest BCUT2D eigenvalue weighted by atomic mass is 79.9. The molecule has 2 aliphatic heterocycles. The van der Waals surface area contributed by atoms with Gasteiger partial charge in [0.15, 0.2) is 11.3 Å². The number of nitrogens with zero attached hydrogens (tertiary/aromatic N) is 10. The number of halogens is 3. The Bertz CT molecular complexity index is 2450. The van der Waals surface area contributed by atoms with Crippen LogP contribution in [0, 0.1) is 0 Å². The monoisotopic (exact) mass is 950 g/mol. The summed E-state index contributed by atoms with van der Waals surface area (Å²) in [4.78, 5) is 47.5. The molecule has 2 aliphatic rings. The number of hydrogen-bond acceptors (Lipinski definition) is 12. The second kappa shape index (κ2) is 19.6. The number of carbonyl (C=O) groups excluding carboxylic acids is 2. The smallest absolute Gasteiger partial charge is 0.238 e. The lowest BCUT2D eigenvalue weighted by molar-refractivity contribution is -0.117. The van der Waals surface area contributed by atoms with Crippen LogP contribution in [0.4, 0.5) is 17.3 Å². The van der Waals surface area contributed by atoms with Gasteiger partial charge in [-0.1, -0.05) is 45.7 Å². The maximum atomic E-state index is 12.9. The van der Waals surface area contributed by atoms with Gasteiger partial charge in [-0.25, -0.2) is 9.97 Å². The zero-order valence-electron chi connectivity index (χ0n) is 33.9. The number of hydrogen-bond donors (Lipinski definition) is 4. The van der Waals surface area contributed by atoms with Gasteiger partial charge in [-0.15, -0.1) is 0 Å². The van der Waals surface area contributed by atoms with Gasteiger partial charge < -0.3 is 31.5 Å². The van der Waals surface area contributed by atoms with Gasteiger partial charge in [-0.3, -0.25) is 19.0 Å². The highest BCUT2D eigenvalue weighted by Gasteiger charge is 2.37. The summed E-state index contributed by atoms with van der Waals surface area (Å²) in [5, 5.41) is 19.8. The Morgan fingerprint density at radius 3 is 1.69 bits per heavy atom. The fraction of sp³-hybridized carbons (Fsp3) is 0.400. The summed E-state index contributed by atoms with van der Waals surface area (Å²) >= 11 is 13.1. The molecule has 0 spiro atoms. The molecular weight excluding hydrogens is 904 g/mol. The maximum Gasteiger partial charge on any atom is 0.238 e. The van der Waals surface area contributed by atoms with Crippen LogP contribution in [0.1, 0.15) is 61.0 Å². The highest BCUT2D eigenvalue weighted by molar-refractivity contribution is 9.10. The van der Waals surface area contributed by atoms with Crippen LogP contribution in [-0.4, -0.2) is 115 Å². The topological polar surface area (TPSA) is 190 Å². The van der Waals surface area contributed by atoms with Crippen LogP contribution in [0.2, 0.25) is 5.28 Å². The Labute approximate surface area is 364 Å². The third kappa shape index (κ3) is 10.4. The van der Waals surface area contributed by atoms with E-state index in [0.29, 0.717) is 35.2 Å². The van der Waals surface area contributed by atoms with Crippen molar-refractivity contribution < 1.29 is 9.59 Å². The second-order valence-corrected chi connectivity index (χ2v) is 16.9. The molecule has 0 aliphatic carbocycles. The van der Waals surface area contributed by atoms with Crippen LogP contribution in [-0.2, 0) is 22.7 Å². The number of carbonyl (C=O) groups is 2. The fourth-order valence-corrected chi connectivity index (χ4v) is 7.71. The second-order valence-electron chi connectivity index (χ2n) is 14.7. The van der Waals surface area contributed by atoms with E-state index in [0.717, 1.165) is 87.8 Å². The van der Waals surface area contributed by atoms with E-state index in [1.165, 1.54) is 0 Å². The summed E-state index contributed by atoms with van der Waals surface area (Å²) in [5.41, 5.74) is 10.9. The third-order valence-electron chi connectivity index (χ3n) is 9.45. The lowest BCUT2D eigenvalue weighted by Crippen LogP contribution is -2.22. The number of fused-ring (bicyclic) bond motifs is 4. The number of rotatable bonds is 12. The first-order chi connectivity index (χ1) is 28.3. The first-order valence-corrected chi connectivity index (χ1v) is 21.4. The average Bonchev–Trinajstić information content (AvgIpc) is 3.93. The van der Waals surface area contributed by atoms with Gasteiger partial charge in [0.2, 0.25) is 23.0 Å². The number of likely N-dealkylation sites (N-methyl/N-ethyl adjacent to an activating group) is 2. The van der Waals surface area contributed by atoms with Crippen LogP contribution in [0.3, 0.4) is 0 Å². The molecule has 0 bridgehead atoms. The van der Waals surface area contributed by atoms with Crippen molar-refractivity contribution in [2.24, 2.45) is 5.73 Å². The van der Waals surface area contributed by atoms with E-state index in [-0.39, 0.29) is 17.1 Å². The van der Waals surface area contributed by atoms with Crippen LogP contribution in [0.5, 0.6) is 0 Å². The predicted octanol–water partition coefficient (Wildman–Crippen LogP) is 6.30. The molecule has 16 nitrogen and oxygen atoms in total. The lowest BCUT2D eigenvalue weighted by atomic mass is 9.95. The van der Waals surface area contributed by atoms with Gasteiger partial charge in [0.25, 0.3) is 0 Å². The molecule has 312 valence electrons. The number of aryl methyl sites for hydroxylation is 2. The van der Waals surface area contributed by atoms with Gasteiger partial charge in [0.1, 0.15) is 11.8 Å². The number of amides is 2. The normalized spacial score (nSPS) is 15.5. The molecule has 19 heteroatoms. The molecule has 6 heterocycles. The molecule has 4 aromatic heterocycles. The molecule has 0 fully saturated rings. The highest BCUT2D eigenvalue weighted by Crippen LogP contribution is 2.41. The summed E-state index contributed by atoms with van der Waals surface area (Å²) in [6, 6.07) is 11.5. The van der Waals surface area contributed by atoms with E-state index < -0.39 is 11.8 Å². The maximum absolute atomic E-state index is 12.9. The first kappa shape index (κ1) is 44.0. The fourth-order valence-electron chi connectivity index (χ4n) is 6.78. The lowest BCUT2D eigenvalue weighted by Gasteiger charge is -2.13. The van der Waals surface area contributed by atoms with Crippen LogP contribution in [0.25, 0.3) is 22.1 Å². The number of benzene rings is 2. The Morgan fingerprint density at radius 1 is 0.746 bits per heavy atom. The molecule has 0 saturated heterocycles. The van der Waals surface area contributed by atoms with E-state index in [9.17, 15) is 9.59 Å². The van der Waals surface area contributed by atoms with Crippen molar-refractivity contribution in [2.45, 2.75) is 51.6 Å². The Kier molecular flexibility index (Phi) is 14.6. The molecule has 2 amide bonds. The SMILES string of the molecule is CCCn1cc2c(C3C(=O)Nc4ccc(Br)cc43)nc(Cl)nc2n1.CCCn1cc2c(C3C(=O)Nc4ccc(Br)cc43)nc(NCCN(C)C)nc2n1.CN(C)CCN. The van der Waals surface area contributed by atoms with Crippen LogP contribution >= 0.6 is 43.5 Å². The molecule has 5 N–H and O–H groups in total. The minimum Gasteiger partial charge on any atom is -0.353 e.